The van der Waals surface area contributed by atoms with Crippen molar-refractivity contribution in [2.45, 2.75) is 13.0 Å². The van der Waals surface area contributed by atoms with Crippen molar-refractivity contribution in [3.05, 3.63) is 41.9 Å². The van der Waals surface area contributed by atoms with E-state index < -0.39 is 0 Å². The maximum Gasteiger partial charge on any atom is 0.270 e. The summed E-state index contributed by atoms with van der Waals surface area (Å²) in [7, 11) is 4.81. The fraction of sp³-hybridized carbons (Fsp3) is 0.389. The zero-order valence-corrected chi connectivity index (χ0v) is 15.2. The highest BCUT2D eigenvalue weighted by atomic mass is 16.5. The summed E-state index contributed by atoms with van der Waals surface area (Å²) in [4.78, 5) is 20.4. The molecule has 26 heavy (non-hydrogen) atoms. The molecule has 0 aliphatic carbocycles. The lowest BCUT2D eigenvalue weighted by Gasteiger charge is -2.10. The number of nitrogens with one attached hydrogen (secondary N) is 2. The average molecular weight is 360 g/mol. The van der Waals surface area contributed by atoms with Crippen LogP contribution in [0.25, 0.3) is 0 Å². The van der Waals surface area contributed by atoms with Gasteiger partial charge in [-0.1, -0.05) is 6.07 Å². The number of ether oxygens (including phenoxy) is 3. The lowest BCUT2D eigenvalue weighted by atomic mass is 10.2. The van der Waals surface area contributed by atoms with Crippen LogP contribution in [-0.4, -0.2) is 50.4 Å². The first-order valence-electron chi connectivity index (χ1n) is 8.22. The maximum absolute atomic E-state index is 12.3. The van der Waals surface area contributed by atoms with Crippen LogP contribution in [0.5, 0.6) is 11.5 Å². The van der Waals surface area contributed by atoms with Gasteiger partial charge in [0.15, 0.2) is 11.5 Å². The van der Waals surface area contributed by atoms with Crippen LogP contribution >= 0.6 is 0 Å². The van der Waals surface area contributed by atoms with Gasteiger partial charge in [0.1, 0.15) is 17.8 Å². The highest BCUT2D eigenvalue weighted by Gasteiger charge is 2.10. The Bertz CT molecular complexity index is 724. The highest BCUT2D eigenvalue weighted by Crippen LogP contribution is 2.27. The predicted molar refractivity (Wildman–Crippen MR) is 97.7 cm³/mol. The fourth-order valence-corrected chi connectivity index (χ4v) is 2.27. The van der Waals surface area contributed by atoms with Crippen LogP contribution in [-0.2, 0) is 11.3 Å². The molecule has 0 saturated carbocycles. The van der Waals surface area contributed by atoms with Crippen LogP contribution in [0.1, 0.15) is 22.5 Å². The number of carbonyl (C=O) groups excluding carboxylic acids is 1. The minimum atomic E-state index is -0.276. The summed E-state index contributed by atoms with van der Waals surface area (Å²) < 4.78 is 15.5. The molecule has 2 N–H and O–H groups in total. The Morgan fingerprint density at radius 2 is 1.88 bits per heavy atom. The molecule has 2 aromatic rings. The van der Waals surface area contributed by atoms with Crippen LogP contribution in [0.4, 0.5) is 5.82 Å². The van der Waals surface area contributed by atoms with E-state index in [1.165, 1.54) is 6.33 Å². The number of carbonyl (C=O) groups is 1. The quantitative estimate of drug-likeness (QED) is 0.625. The highest BCUT2D eigenvalue weighted by molar-refractivity contribution is 5.92. The van der Waals surface area contributed by atoms with E-state index >= 15 is 0 Å². The molecule has 0 spiro atoms. The van der Waals surface area contributed by atoms with Crippen LogP contribution in [0.15, 0.2) is 30.6 Å². The van der Waals surface area contributed by atoms with E-state index in [0.717, 1.165) is 12.0 Å². The summed E-state index contributed by atoms with van der Waals surface area (Å²) in [6, 6.07) is 7.11. The van der Waals surface area contributed by atoms with Crippen LogP contribution in [0.3, 0.4) is 0 Å². The van der Waals surface area contributed by atoms with Gasteiger partial charge in [0.2, 0.25) is 0 Å². The van der Waals surface area contributed by atoms with E-state index in [-0.39, 0.29) is 5.91 Å². The molecule has 0 saturated heterocycles. The average Bonchev–Trinajstić information content (AvgIpc) is 2.69. The summed E-state index contributed by atoms with van der Waals surface area (Å²) in [6.07, 6.45) is 2.21. The second kappa shape index (κ2) is 10.2. The van der Waals surface area contributed by atoms with Crippen molar-refractivity contribution in [3.8, 4) is 11.5 Å². The summed E-state index contributed by atoms with van der Waals surface area (Å²) >= 11 is 0. The number of amides is 1. The minimum Gasteiger partial charge on any atom is -0.493 e. The van der Waals surface area contributed by atoms with Gasteiger partial charge in [0.25, 0.3) is 5.91 Å². The third-order valence-electron chi connectivity index (χ3n) is 3.63. The molecule has 8 heteroatoms. The number of benzene rings is 1. The van der Waals surface area contributed by atoms with Crippen molar-refractivity contribution >= 4 is 11.7 Å². The summed E-state index contributed by atoms with van der Waals surface area (Å²) in [6.45, 7) is 1.72. The molecule has 0 aliphatic rings. The summed E-state index contributed by atoms with van der Waals surface area (Å²) in [5.74, 6) is 1.58. The van der Waals surface area contributed by atoms with Crippen LogP contribution < -0.4 is 20.1 Å². The molecule has 1 heterocycles. The molecule has 0 fully saturated rings. The lowest BCUT2D eigenvalue weighted by molar-refractivity contribution is 0.0945. The molecule has 0 bridgehead atoms. The molecular weight excluding hydrogens is 336 g/mol. The number of methoxy groups -OCH3 is 3. The molecule has 0 unspecified atom stereocenters. The summed E-state index contributed by atoms with van der Waals surface area (Å²) in [5, 5.41) is 5.97. The Kier molecular flexibility index (Phi) is 7.63. The van der Waals surface area contributed by atoms with Gasteiger partial charge in [-0.3, -0.25) is 4.79 Å². The van der Waals surface area contributed by atoms with Crippen LogP contribution in [0.2, 0.25) is 0 Å². The number of hydrogen-bond donors (Lipinski definition) is 2. The zero-order chi connectivity index (χ0) is 18.8. The third-order valence-corrected chi connectivity index (χ3v) is 3.63. The molecule has 0 atom stereocenters. The second-order valence-electron chi connectivity index (χ2n) is 5.43. The topological polar surface area (TPSA) is 94.6 Å². The Hall–Kier alpha value is -2.87. The molecule has 1 aromatic carbocycles. The molecule has 2 rings (SSSR count). The Morgan fingerprint density at radius 3 is 2.62 bits per heavy atom. The van der Waals surface area contributed by atoms with E-state index in [1.54, 1.807) is 33.5 Å². The van der Waals surface area contributed by atoms with E-state index in [2.05, 4.69) is 20.6 Å². The number of hydrogen-bond acceptors (Lipinski definition) is 7. The van der Waals surface area contributed by atoms with E-state index in [1.807, 2.05) is 12.1 Å². The molecule has 8 nitrogen and oxygen atoms in total. The molecule has 140 valence electrons. The van der Waals surface area contributed by atoms with Gasteiger partial charge in [-0.25, -0.2) is 9.97 Å². The largest absolute Gasteiger partial charge is 0.493 e. The number of nitrogens with zero attached hydrogens (tertiary/aromatic N) is 2. The van der Waals surface area contributed by atoms with E-state index in [0.29, 0.717) is 42.7 Å². The molecular formula is C18H24N4O4. The Morgan fingerprint density at radius 1 is 1.08 bits per heavy atom. The molecule has 1 aromatic heterocycles. The monoisotopic (exact) mass is 360 g/mol. The predicted octanol–water partition coefficient (Wildman–Crippen LogP) is 1.87. The van der Waals surface area contributed by atoms with Gasteiger partial charge in [0, 0.05) is 32.9 Å². The normalized spacial score (nSPS) is 10.3. The van der Waals surface area contributed by atoms with Crippen molar-refractivity contribution in [2.24, 2.45) is 0 Å². The Balaban J connectivity index is 1.93. The van der Waals surface area contributed by atoms with Crippen molar-refractivity contribution in [1.82, 2.24) is 15.3 Å². The molecule has 0 radical (unpaired) electrons. The van der Waals surface area contributed by atoms with Crippen molar-refractivity contribution < 1.29 is 19.0 Å². The van der Waals surface area contributed by atoms with Crippen molar-refractivity contribution in [3.63, 3.8) is 0 Å². The first-order valence-corrected chi connectivity index (χ1v) is 8.22. The van der Waals surface area contributed by atoms with Gasteiger partial charge in [0.05, 0.1) is 14.2 Å². The first kappa shape index (κ1) is 19.5. The third kappa shape index (κ3) is 5.59. The van der Waals surface area contributed by atoms with Gasteiger partial charge in [-0.05, 0) is 24.1 Å². The van der Waals surface area contributed by atoms with Crippen molar-refractivity contribution in [1.29, 1.82) is 0 Å². The van der Waals surface area contributed by atoms with Crippen molar-refractivity contribution in [2.75, 3.05) is 39.8 Å². The van der Waals surface area contributed by atoms with Gasteiger partial charge >= 0.3 is 0 Å². The zero-order valence-electron chi connectivity index (χ0n) is 15.2. The first-order chi connectivity index (χ1) is 12.7. The van der Waals surface area contributed by atoms with Gasteiger partial charge in [-0.15, -0.1) is 0 Å². The second-order valence-corrected chi connectivity index (χ2v) is 5.43. The number of aromatic nitrogens is 2. The standard InChI is InChI=1S/C18H24N4O4/c1-24-8-4-7-19-17-10-14(21-12-22-17)18(23)20-11-13-5-6-15(25-2)16(9-13)26-3/h5-6,9-10,12H,4,7-8,11H2,1-3H3,(H,20,23)(H,19,21,22). The van der Waals surface area contributed by atoms with E-state index in [9.17, 15) is 4.79 Å². The molecule has 1 amide bonds. The van der Waals surface area contributed by atoms with Gasteiger partial charge < -0.3 is 24.8 Å². The minimum absolute atomic E-state index is 0.276. The number of anilines is 1. The van der Waals surface area contributed by atoms with E-state index in [4.69, 9.17) is 14.2 Å². The smallest absolute Gasteiger partial charge is 0.270 e. The lowest BCUT2D eigenvalue weighted by Crippen LogP contribution is -2.24. The molecule has 0 aliphatic heterocycles. The number of rotatable bonds is 10. The van der Waals surface area contributed by atoms with Crippen LogP contribution in [0, 0.1) is 0 Å². The maximum atomic E-state index is 12.3. The summed E-state index contributed by atoms with van der Waals surface area (Å²) in [5.41, 5.74) is 1.19. The fourth-order valence-electron chi connectivity index (χ4n) is 2.27. The van der Waals surface area contributed by atoms with Gasteiger partial charge in [-0.2, -0.15) is 0 Å². The SMILES string of the molecule is COCCCNc1cc(C(=O)NCc2ccc(OC)c(OC)c2)ncn1. The Labute approximate surface area is 152 Å².